The summed E-state index contributed by atoms with van der Waals surface area (Å²) < 4.78 is 12.0. The number of hydrogen-bond donors (Lipinski definition) is 1. The van der Waals surface area contributed by atoms with Gasteiger partial charge in [0.2, 0.25) is 5.91 Å². The van der Waals surface area contributed by atoms with E-state index in [1.807, 2.05) is 0 Å². The molecule has 0 saturated carbocycles. The van der Waals surface area contributed by atoms with E-state index in [2.05, 4.69) is 15.2 Å². The average molecular weight is 386 g/mol. The number of carbonyl (C=O) groups excluding carboxylic acids is 1. The Morgan fingerprint density at radius 3 is 2.50 bits per heavy atom. The molecule has 8 heteroatoms. The van der Waals surface area contributed by atoms with Gasteiger partial charge < -0.3 is 19.7 Å². The Morgan fingerprint density at radius 2 is 1.89 bits per heavy atom. The minimum atomic E-state index is -0.257. The van der Waals surface area contributed by atoms with E-state index < -0.39 is 0 Å². The molecule has 3 aliphatic rings. The highest BCUT2D eigenvalue weighted by atomic mass is 16.5. The molecule has 0 spiro atoms. The molecular weight excluding hydrogens is 360 g/mol. The van der Waals surface area contributed by atoms with Gasteiger partial charge in [0, 0.05) is 18.7 Å². The summed E-state index contributed by atoms with van der Waals surface area (Å²) in [6.45, 7) is 4.84. The molecule has 2 bridgehead atoms. The van der Waals surface area contributed by atoms with Crippen molar-refractivity contribution < 1.29 is 14.3 Å². The molecule has 3 fully saturated rings. The number of hydrogen-bond acceptors (Lipinski definition) is 6. The molecule has 150 valence electrons. The summed E-state index contributed by atoms with van der Waals surface area (Å²) in [7, 11) is 3.06. The quantitative estimate of drug-likeness (QED) is 0.823. The summed E-state index contributed by atoms with van der Waals surface area (Å²) >= 11 is 0. The van der Waals surface area contributed by atoms with Gasteiger partial charge in [-0.3, -0.25) is 14.2 Å². The van der Waals surface area contributed by atoms with Crippen LogP contribution in [0.25, 0.3) is 10.9 Å². The largest absolute Gasteiger partial charge is 0.493 e. The fourth-order valence-electron chi connectivity index (χ4n) is 4.37. The van der Waals surface area contributed by atoms with Crippen molar-refractivity contribution in [3.8, 4) is 11.5 Å². The maximum atomic E-state index is 13.0. The monoisotopic (exact) mass is 386 g/mol. The van der Waals surface area contributed by atoms with E-state index in [1.165, 1.54) is 18.8 Å². The second-order valence-corrected chi connectivity index (χ2v) is 7.59. The van der Waals surface area contributed by atoms with Crippen LogP contribution in [0.3, 0.4) is 0 Å². The van der Waals surface area contributed by atoms with E-state index in [4.69, 9.17) is 9.47 Å². The third kappa shape index (κ3) is 3.32. The number of aromatic nitrogens is 2. The summed E-state index contributed by atoms with van der Waals surface area (Å²) in [5.41, 5.74) is 0.265. The first-order valence-corrected chi connectivity index (χ1v) is 9.65. The third-order valence-electron chi connectivity index (χ3n) is 5.95. The normalized spacial score (nSPS) is 23.6. The summed E-state index contributed by atoms with van der Waals surface area (Å²) in [6, 6.07) is 3.47. The fraction of sp³-hybridized carbons (Fsp3) is 0.550. The second-order valence-electron chi connectivity index (χ2n) is 7.59. The number of rotatable bonds is 5. The van der Waals surface area contributed by atoms with E-state index in [1.54, 1.807) is 19.1 Å². The SMILES string of the molecule is COc1cc2nc(C)n(CC(=O)N[C@@H]3CN4CCC3CC4)c(=O)c2cc1OC. The Bertz CT molecular complexity index is 963. The number of ether oxygens (including phenoxy) is 2. The summed E-state index contributed by atoms with van der Waals surface area (Å²) in [4.78, 5) is 32.6. The lowest BCUT2D eigenvalue weighted by molar-refractivity contribution is -0.123. The molecule has 3 saturated heterocycles. The predicted octanol–water partition coefficient (Wildman–Crippen LogP) is 0.933. The zero-order valence-corrected chi connectivity index (χ0v) is 16.5. The van der Waals surface area contributed by atoms with E-state index >= 15 is 0 Å². The topological polar surface area (TPSA) is 85.7 Å². The number of nitrogens with zero attached hydrogens (tertiary/aromatic N) is 3. The van der Waals surface area contributed by atoms with Crippen molar-refractivity contribution in [3.63, 3.8) is 0 Å². The fourth-order valence-corrected chi connectivity index (χ4v) is 4.37. The maximum absolute atomic E-state index is 13.0. The molecule has 0 aliphatic carbocycles. The van der Waals surface area contributed by atoms with Gasteiger partial charge in [-0.15, -0.1) is 0 Å². The Morgan fingerprint density at radius 1 is 1.21 bits per heavy atom. The van der Waals surface area contributed by atoms with E-state index in [9.17, 15) is 9.59 Å². The van der Waals surface area contributed by atoms with Gasteiger partial charge in [0.05, 0.1) is 25.1 Å². The van der Waals surface area contributed by atoms with Crippen molar-refractivity contribution >= 4 is 16.8 Å². The van der Waals surface area contributed by atoms with Crippen LogP contribution in [0.1, 0.15) is 18.7 Å². The number of carbonyl (C=O) groups is 1. The molecule has 28 heavy (non-hydrogen) atoms. The molecule has 0 unspecified atom stereocenters. The zero-order valence-electron chi connectivity index (χ0n) is 16.5. The molecule has 1 aromatic carbocycles. The zero-order chi connectivity index (χ0) is 19.8. The number of benzene rings is 1. The predicted molar refractivity (Wildman–Crippen MR) is 105 cm³/mol. The number of piperidine rings is 3. The van der Waals surface area contributed by atoms with Crippen LogP contribution in [0.2, 0.25) is 0 Å². The lowest BCUT2D eigenvalue weighted by atomic mass is 9.84. The molecule has 3 aliphatic heterocycles. The lowest BCUT2D eigenvalue weighted by Crippen LogP contribution is -2.57. The molecule has 8 nitrogen and oxygen atoms in total. The number of aryl methyl sites for hydroxylation is 1. The standard InChI is InChI=1S/C20H26N4O4/c1-12-21-15-9-18(28-3)17(27-2)8-14(15)20(26)24(12)11-19(25)22-16-10-23-6-4-13(16)5-7-23/h8-9,13,16H,4-7,10-11H2,1-3H3,(H,22,25)/t16-/m1/s1. The van der Waals surface area contributed by atoms with Crippen LogP contribution in [-0.2, 0) is 11.3 Å². The molecule has 1 aromatic heterocycles. The van der Waals surface area contributed by atoms with Crippen LogP contribution in [0, 0.1) is 12.8 Å². The van der Waals surface area contributed by atoms with E-state index in [-0.39, 0.29) is 24.1 Å². The van der Waals surface area contributed by atoms with Crippen LogP contribution in [-0.4, -0.2) is 60.3 Å². The summed E-state index contributed by atoms with van der Waals surface area (Å²) in [5, 5.41) is 3.53. The third-order valence-corrected chi connectivity index (χ3v) is 5.95. The first-order chi connectivity index (χ1) is 13.5. The van der Waals surface area contributed by atoms with Crippen molar-refractivity contribution in [2.75, 3.05) is 33.9 Å². The van der Waals surface area contributed by atoms with Gasteiger partial charge in [0.1, 0.15) is 12.4 Å². The first-order valence-electron chi connectivity index (χ1n) is 9.65. The highest BCUT2D eigenvalue weighted by molar-refractivity contribution is 5.82. The van der Waals surface area contributed by atoms with E-state index in [0.29, 0.717) is 34.1 Å². The molecule has 5 rings (SSSR count). The first kappa shape index (κ1) is 18.7. The minimum Gasteiger partial charge on any atom is -0.493 e. The van der Waals surface area contributed by atoms with Gasteiger partial charge in [-0.25, -0.2) is 4.98 Å². The van der Waals surface area contributed by atoms with Crippen LogP contribution in [0.5, 0.6) is 11.5 Å². The molecule has 1 amide bonds. The second kappa shape index (κ2) is 7.43. The van der Waals surface area contributed by atoms with Crippen molar-refractivity contribution in [1.82, 2.24) is 19.8 Å². The van der Waals surface area contributed by atoms with Crippen LogP contribution < -0.4 is 20.3 Å². The van der Waals surface area contributed by atoms with Crippen molar-refractivity contribution in [3.05, 3.63) is 28.3 Å². The lowest BCUT2D eigenvalue weighted by Gasteiger charge is -2.44. The van der Waals surface area contributed by atoms with Gasteiger partial charge in [-0.2, -0.15) is 0 Å². The van der Waals surface area contributed by atoms with Crippen LogP contribution in [0.15, 0.2) is 16.9 Å². The Hall–Kier alpha value is -2.61. The number of methoxy groups -OCH3 is 2. The van der Waals surface area contributed by atoms with Crippen molar-refractivity contribution in [2.45, 2.75) is 32.4 Å². The molecular formula is C20H26N4O4. The molecule has 2 aromatic rings. The number of fused-ring (bicyclic) bond motifs is 4. The molecule has 4 heterocycles. The maximum Gasteiger partial charge on any atom is 0.262 e. The minimum absolute atomic E-state index is 0.0365. The summed E-state index contributed by atoms with van der Waals surface area (Å²) in [6.07, 6.45) is 2.26. The Labute approximate surface area is 163 Å². The van der Waals surface area contributed by atoms with Crippen molar-refractivity contribution in [1.29, 1.82) is 0 Å². The molecule has 1 atom stereocenters. The summed E-state index contributed by atoms with van der Waals surface area (Å²) in [5.74, 6) is 1.86. The van der Waals surface area contributed by atoms with Gasteiger partial charge in [-0.1, -0.05) is 0 Å². The van der Waals surface area contributed by atoms with Gasteiger partial charge in [0.25, 0.3) is 5.56 Å². The van der Waals surface area contributed by atoms with Crippen LogP contribution in [0.4, 0.5) is 0 Å². The number of amides is 1. The Kier molecular flexibility index (Phi) is 4.97. The van der Waals surface area contributed by atoms with Crippen LogP contribution >= 0.6 is 0 Å². The molecule has 1 N–H and O–H groups in total. The highest BCUT2D eigenvalue weighted by Crippen LogP contribution is 2.30. The van der Waals surface area contributed by atoms with Gasteiger partial charge >= 0.3 is 0 Å². The number of nitrogens with one attached hydrogen (secondary N) is 1. The van der Waals surface area contributed by atoms with Gasteiger partial charge in [-0.05, 0) is 44.8 Å². The van der Waals surface area contributed by atoms with Gasteiger partial charge in [0.15, 0.2) is 11.5 Å². The average Bonchev–Trinajstić information content (AvgIpc) is 2.71. The Balaban J connectivity index is 1.59. The highest BCUT2D eigenvalue weighted by Gasteiger charge is 2.34. The van der Waals surface area contributed by atoms with E-state index in [0.717, 1.165) is 32.5 Å². The van der Waals surface area contributed by atoms with Crippen molar-refractivity contribution in [2.24, 2.45) is 5.92 Å². The molecule has 0 radical (unpaired) electrons. The smallest absolute Gasteiger partial charge is 0.262 e.